The molecule has 1 amide bonds. The van der Waals surface area contributed by atoms with Crippen molar-refractivity contribution in [2.24, 2.45) is 5.92 Å². The number of furan rings is 1. The first kappa shape index (κ1) is 16.6. The quantitative estimate of drug-likeness (QED) is 0.697. The van der Waals surface area contributed by atoms with Crippen molar-refractivity contribution in [3.63, 3.8) is 0 Å². The van der Waals surface area contributed by atoms with E-state index >= 15 is 0 Å². The van der Waals surface area contributed by atoms with Crippen LogP contribution < -0.4 is 5.56 Å². The fourth-order valence-corrected chi connectivity index (χ4v) is 4.67. The number of aromatic nitrogens is 2. The lowest BCUT2D eigenvalue weighted by molar-refractivity contribution is 0.0429. The van der Waals surface area contributed by atoms with Crippen LogP contribution in [0.4, 0.5) is 0 Å². The summed E-state index contributed by atoms with van der Waals surface area (Å²) in [5, 5.41) is 5.49. The van der Waals surface area contributed by atoms with Gasteiger partial charge >= 0.3 is 0 Å². The number of benzene rings is 1. The zero-order valence-electron chi connectivity index (χ0n) is 14.8. The SMILES string of the molecule is O=C(c1cc2ccccc2o1)N1CC(Cn2nc3c(cc2=O)CSCC3)C1. The van der Waals surface area contributed by atoms with Crippen LogP contribution in [0.5, 0.6) is 0 Å². The molecule has 7 heteroatoms. The second-order valence-corrected chi connectivity index (χ2v) is 8.27. The fraction of sp³-hybridized carbons (Fsp3) is 0.350. The van der Waals surface area contributed by atoms with Gasteiger partial charge in [-0.05, 0) is 23.4 Å². The lowest BCUT2D eigenvalue weighted by atomic mass is 9.99. The number of carbonyl (C=O) groups excluding carboxylic acids is 1. The van der Waals surface area contributed by atoms with E-state index < -0.39 is 0 Å². The predicted octanol–water partition coefficient (Wildman–Crippen LogP) is 2.55. The number of thioether (sulfide) groups is 1. The van der Waals surface area contributed by atoms with Crippen molar-refractivity contribution in [2.75, 3.05) is 18.8 Å². The standard InChI is InChI=1S/C20H19N3O3S/c24-19-8-15-12-27-6-5-16(15)21-23(19)11-13-9-22(10-13)20(25)18-7-14-3-1-2-4-17(14)26-18/h1-4,7-8,13H,5-6,9-12H2. The minimum Gasteiger partial charge on any atom is -0.451 e. The molecule has 1 fully saturated rings. The van der Waals surface area contributed by atoms with Gasteiger partial charge in [0, 0.05) is 42.6 Å². The molecule has 0 radical (unpaired) electrons. The van der Waals surface area contributed by atoms with E-state index in [1.165, 1.54) is 0 Å². The molecule has 0 N–H and O–H groups in total. The average molecular weight is 381 g/mol. The summed E-state index contributed by atoms with van der Waals surface area (Å²) in [6, 6.07) is 11.1. The number of amides is 1. The second-order valence-electron chi connectivity index (χ2n) is 7.16. The molecule has 1 aromatic carbocycles. The Morgan fingerprint density at radius 3 is 2.96 bits per heavy atom. The lowest BCUT2D eigenvalue weighted by Gasteiger charge is -2.38. The van der Waals surface area contributed by atoms with E-state index in [1.54, 1.807) is 21.7 Å². The summed E-state index contributed by atoms with van der Waals surface area (Å²) in [6.45, 7) is 1.80. The van der Waals surface area contributed by atoms with Gasteiger partial charge in [-0.2, -0.15) is 16.9 Å². The molecule has 1 saturated heterocycles. The molecule has 3 aromatic rings. The Labute approximate surface area is 160 Å². The van der Waals surface area contributed by atoms with E-state index in [1.807, 2.05) is 36.0 Å². The van der Waals surface area contributed by atoms with Crippen molar-refractivity contribution in [3.8, 4) is 0 Å². The number of fused-ring (bicyclic) bond motifs is 2. The second kappa shape index (κ2) is 6.56. The highest BCUT2D eigenvalue weighted by molar-refractivity contribution is 7.98. The van der Waals surface area contributed by atoms with Crippen LogP contribution in [0.3, 0.4) is 0 Å². The molecule has 0 saturated carbocycles. The van der Waals surface area contributed by atoms with Crippen LogP contribution in [0.1, 0.15) is 21.8 Å². The number of likely N-dealkylation sites (tertiary alicyclic amines) is 1. The fourth-order valence-electron chi connectivity index (χ4n) is 3.72. The highest BCUT2D eigenvalue weighted by atomic mass is 32.2. The molecule has 0 atom stereocenters. The minimum absolute atomic E-state index is 0.0432. The van der Waals surface area contributed by atoms with Crippen LogP contribution in [0.25, 0.3) is 11.0 Å². The summed E-state index contributed by atoms with van der Waals surface area (Å²) in [6.07, 6.45) is 0.918. The molecule has 6 nitrogen and oxygen atoms in total. The summed E-state index contributed by atoms with van der Waals surface area (Å²) in [7, 11) is 0. The number of hydrogen-bond donors (Lipinski definition) is 0. The Kier molecular flexibility index (Phi) is 4.04. The topological polar surface area (TPSA) is 68.3 Å². The molecule has 27 heavy (non-hydrogen) atoms. The van der Waals surface area contributed by atoms with E-state index in [0.717, 1.165) is 40.2 Å². The van der Waals surface area contributed by atoms with Gasteiger partial charge in [-0.3, -0.25) is 9.59 Å². The van der Waals surface area contributed by atoms with E-state index in [-0.39, 0.29) is 17.4 Å². The van der Waals surface area contributed by atoms with E-state index in [9.17, 15) is 9.59 Å². The molecule has 0 unspecified atom stereocenters. The zero-order chi connectivity index (χ0) is 18.4. The highest BCUT2D eigenvalue weighted by Gasteiger charge is 2.33. The van der Waals surface area contributed by atoms with Crippen molar-refractivity contribution >= 4 is 28.6 Å². The number of rotatable bonds is 3. The Bertz CT molecular complexity index is 1050. The predicted molar refractivity (Wildman–Crippen MR) is 104 cm³/mol. The molecule has 2 aliphatic heterocycles. The van der Waals surface area contributed by atoms with Gasteiger partial charge in [0.05, 0.1) is 12.2 Å². The maximum Gasteiger partial charge on any atom is 0.289 e. The number of nitrogens with zero attached hydrogens (tertiary/aromatic N) is 3. The van der Waals surface area contributed by atoms with E-state index in [0.29, 0.717) is 25.4 Å². The van der Waals surface area contributed by atoms with Gasteiger partial charge in [0.2, 0.25) is 0 Å². The molecule has 2 aromatic heterocycles. The summed E-state index contributed by atoms with van der Waals surface area (Å²) in [5.74, 6) is 2.46. The zero-order valence-corrected chi connectivity index (χ0v) is 15.6. The van der Waals surface area contributed by atoms with Gasteiger partial charge in [-0.25, -0.2) is 4.68 Å². The first-order chi connectivity index (χ1) is 13.2. The van der Waals surface area contributed by atoms with Crippen LogP contribution in [-0.4, -0.2) is 39.4 Å². The number of para-hydroxylation sites is 1. The first-order valence-electron chi connectivity index (χ1n) is 9.13. The van der Waals surface area contributed by atoms with Crippen molar-refractivity contribution < 1.29 is 9.21 Å². The van der Waals surface area contributed by atoms with Gasteiger partial charge in [-0.1, -0.05) is 18.2 Å². The molecule has 4 heterocycles. The van der Waals surface area contributed by atoms with Crippen LogP contribution in [0.2, 0.25) is 0 Å². The third kappa shape index (κ3) is 3.06. The third-order valence-electron chi connectivity index (χ3n) is 5.22. The summed E-state index contributed by atoms with van der Waals surface area (Å²) >= 11 is 1.84. The largest absolute Gasteiger partial charge is 0.451 e. The van der Waals surface area contributed by atoms with Crippen LogP contribution >= 0.6 is 11.8 Å². The first-order valence-corrected chi connectivity index (χ1v) is 10.3. The smallest absolute Gasteiger partial charge is 0.289 e. The Hall–Kier alpha value is -2.54. The van der Waals surface area contributed by atoms with Gasteiger partial charge in [0.25, 0.3) is 11.5 Å². The summed E-state index contributed by atoms with van der Waals surface area (Å²) in [4.78, 5) is 26.7. The summed E-state index contributed by atoms with van der Waals surface area (Å²) < 4.78 is 7.23. The average Bonchev–Trinajstić information content (AvgIpc) is 3.08. The molecule has 0 bridgehead atoms. The molecule has 5 rings (SSSR count). The normalized spacial score (nSPS) is 17.0. The third-order valence-corrected chi connectivity index (χ3v) is 6.22. The maximum absolute atomic E-state index is 12.6. The molecule has 0 aliphatic carbocycles. The van der Waals surface area contributed by atoms with Gasteiger partial charge in [-0.15, -0.1) is 0 Å². The van der Waals surface area contributed by atoms with Crippen molar-refractivity contribution in [1.29, 1.82) is 0 Å². The Morgan fingerprint density at radius 2 is 2.11 bits per heavy atom. The monoisotopic (exact) mass is 381 g/mol. The number of aryl methyl sites for hydroxylation is 1. The molecule has 0 spiro atoms. The van der Waals surface area contributed by atoms with Crippen LogP contribution in [-0.2, 0) is 18.7 Å². The molecular weight excluding hydrogens is 362 g/mol. The lowest BCUT2D eigenvalue weighted by Crippen LogP contribution is -2.52. The molecule has 2 aliphatic rings. The van der Waals surface area contributed by atoms with Crippen molar-refractivity contribution in [1.82, 2.24) is 14.7 Å². The summed E-state index contributed by atoms with van der Waals surface area (Å²) in [5.41, 5.74) is 2.80. The number of hydrogen-bond acceptors (Lipinski definition) is 5. The minimum atomic E-state index is -0.0924. The highest BCUT2D eigenvalue weighted by Crippen LogP contribution is 2.25. The van der Waals surface area contributed by atoms with E-state index in [2.05, 4.69) is 5.10 Å². The molecular formula is C20H19N3O3S. The Morgan fingerprint density at radius 1 is 1.26 bits per heavy atom. The molecule has 138 valence electrons. The van der Waals surface area contributed by atoms with Crippen LogP contribution in [0, 0.1) is 5.92 Å². The van der Waals surface area contributed by atoms with Crippen molar-refractivity contribution in [2.45, 2.75) is 18.7 Å². The van der Waals surface area contributed by atoms with Crippen LogP contribution in [0.15, 0.2) is 45.6 Å². The van der Waals surface area contributed by atoms with Gasteiger partial charge in [0.15, 0.2) is 5.76 Å². The van der Waals surface area contributed by atoms with Crippen molar-refractivity contribution in [3.05, 3.63) is 63.8 Å². The number of carbonyl (C=O) groups is 1. The van der Waals surface area contributed by atoms with Gasteiger partial charge < -0.3 is 9.32 Å². The van der Waals surface area contributed by atoms with E-state index in [4.69, 9.17) is 4.42 Å². The maximum atomic E-state index is 12.6. The van der Waals surface area contributed by atoms with Gasteiger partial charge in [0.1, 0.15) is 5.58 Å². The Balaban J connectivity index is 1.26.